The zero-order valence-electron chi connectivity index (χ0n) is 18.2. The Morgan fingerprint density at radius 3 is 2.18 bits per heavy atom. The fourth-order valence-electron chi connectivity index (χ4n) is 4.74. The lowest BCUT2D eigenvalue weighted by molar-refractivity contribution is -0.143. The average molecular weight is 506 g/mol. The first-order valence-corrected chi connectivity index (χ1v) is 11.9. The van der Waals surface area contributed by atoms with Gasteiger partial charge in [0.15, 0.2) is 6.04 Å². The number of nitrogens with zero attached hydrogens (tertiary/aromatic N) is 1. The van der Waals surface area contributed by atoms with E-state index in [0.29, 0.717) is 10.0 Å². The molecule has 1 unspecified atom stereocenters. The first-order chi connectivity index (χ1) is 16.0. The van der Waals surface area contributed by atoms with Crippen molar-refractivity contribution >= 4 is 28.0 Å². The Hall–Kier alpha value is -3.12. The minimum atomic E-state index is -1.11. The van der Waals surface area contributed by atoms with Crippen LogP contribution in [0.15, 0.2) is 71.2 Å². The second-order valence-electron chi connectivity index (χ2n) is 8.71. The van der Waals surface area contributed by atoms with Crippen LogP contribution in [0.5, 0.6) is 0 Å². The molecule has 0 aliphatic heterocycles. The number of carbonyl (C=O) groups excluding carboxylic acids is 1. The molecule has 3 aromatic rings. The summed E-state index contributed by atoms with van der Waals surface area (Å²) in [6, 6.07) is 20.6. The van der Waals surface area contributed by atoms with E-state index in [0.717, 1.165) is 40.7 Å². The number of ether oxygens (including phenoxy) is 1. The van der Waals surface area contributed by atoms with E-state index in [2.05, 4.69) is 40.2 Å². The molecule has 0 aromatic heterocycles. The average Bonchev–Trinajstić information content (AvgIpc) is 3.58. The molecule has 1 amide bonds. The summed E-state index contributed by atoms with van der Waals surface area (Å²) in [5, 5.41) is 10.1. The van der Waals surface area contributed by atoms with Crippen molar-refractivity contribution in [1.82, 2.24) is 4.90 Å². The number of aliphatic carboxylic acids is 1. The predicted octanol–water partition coefficient (Wildman–Crippen LogP) is 6.30. The highest BCUT2D eigenvalue weighted by molar-refractivity contribution is 9.10. The van der Waals surface area contributed by atoms with Crippen molar-refractivity contribution in [2.45, 2.75) is 37.8 Å². The molecule has 0 spiro atoms. The van der Waals surface area contributed by atoms with Gasteiger partial charge >= 0.3 is 12.1 Å². The van der Waals surface area contributed by atoms with Crippen LogP contribution < -0.4 is 0 Å². The van der Waals surface area contributed by atoms with Crippen LogP contribution in [-0.2, 0) is 9.53 Å². The molecule has 0 heterocycles. The van der Waals surface area contributed by atoms with Gasteiger partial charge in [0.05, 0.1) is 0 Å². The quantitative estimate of drug-likeness (QED) is 0.426. The molecule has 0 radical (unpaired) electrons. The lowest BCUT2D eigenvalue weighted by atomic mass is 9.98. The lowest BCUT2D eigenvalue weighted by Gasteiger charge is -2.30. The highest BCUT2D eigenvalue weighted by atomic mass is 79.9. The van der Waals surface area contributed by atoms with E-state index in [-0.39, 0.29) is 18.6 Å². The van der Waals surface area contributed by atoms with Crippen molar-refractivity contribution in [3.8, 4) is 11.1 Å². The number of amides is 1. The molecule has 3 aromatic carbocycles. The Balaban J connectivity index is 1.42. The molecule has 168 valence electrons. The van der Waals surface area contributed by atoms with Gasteiger partial charge in [-0.25, -0.2) is 9.59 Å². The molecule has 1 saturated carbocycles. The molecule has 0 bridgehead atoms. The van der Waals surface area contributed by atoms with E-state index in [9.17, 15) is 14.7 Å². The Morgan fingerprint density at radius 2 is 1.64 bits per heavy atom. The van der Waals surface area contributed by atoms with Crippen LogP contribution in [0.4, 0.5) is 4.79 Å². The fraction of sp³-hybridized carbons (Fsp3) is 0.259. The molecule has 0 saturated heterocycles. The minimum Gasteiger partial charge on any atom is -0.479 e. The van der Waals surface area contributed by atoms with Gasteiger partial charge in [-0.1, -0.05) is 76.6 Å². The van der Waals surface area contributed by atoms with Gasteiger partial charge in [-0.3, -0.25) is 4.90 Å². The maximum absolute atomic E-state index is 13.3. The van der Waals surface area contributed by atoms with E-state index in [1.807, 2.05) is 43.3 Å². The van der Waals surface area contributed by atoms with Crippen LogP contribution in [0.1, 0.15) is 47.1 Å². The topological polar surface area (TPSA) is 66.8 Å². The second-order valence-corrected chi connectivity index (χ2v) is 9.56. The Labute approximate surface area is 201 Å². The van der Waals surface area contributed by atoms with E-state index in [1.165, 1.54) is 4.90 Å². The third-order valence-corrected chi connectivity index (χ3v) is 7.14. The van der Waals surface area contributed by atoms with Gasteiger partial charge < -0.3 is 9.84 Å². The molecule has 5 nitrogen and oxygen atoms in total. The number of hydrogen-bond acceptors (Lipinski definition) is 3. The van der Waals surface area contributed by atoms with Crippen molar-refractivity contribution < 1.29 is 19.4 Å². The number of aryl methyl sites for hydroxylation is 1. The third kappa shape index (κ3) is 4.04. The van der Waals surface area contributed by atoms with Crippen LogP contribution in [-0.4, -0.2) is 34.7 Å². The Bertz CT molecular complexity index is 1190. The second kappa shape index (κ2) is 8.67. The largest absolute Gasteiger partial charge is 0.479 e. The molecule has 1 N–H and O–H groups in total. The molecule has 2 aliphatic rings. The molecule has 6 heteroatoms. The molecular weight excluding hydrogens is 482 g/mol. The monoisotopic (exact) mass is 505 g/mol. The molecule has 1 atom stereocenters. The van der Waals surface area contributed by atoms with E-state index < -0.39 is 18.1 Å². The number of halogens is 1. The third-order valence-electron chi connectivity index (χ3n) is 6.45. The molecule has 1 fully saturated rings. The fourth-order valence-corrected chi connectivity index (χ4v) is 5.45. The summed E-state index contributed by atoms with van der Waals surface area (Å²) in [5.74, 6) is -1.14. The van der Waals surface area contributed by atoms with Gasteiger partial charge in [-0.2, -0.15) is 0 Å². The number of carboxylic acids is 1. The van der Waals surface area contributed by atoms with Crippen LogP contribution in [0.2, 0.25) is 0 Å². The number of carbonyl (C=O) groups is 2. The van der Waals surface area contributed by atoms with Gasteiger partial charge in [-0.15, -0.1) is 0 Å². The summed E-state index contributed by atoms with van der Waals surface area (Å²) in [6.07, 6.45) is 0.966. The Kier molecular flexibility index (Phi) is 5.71. The SMILES string of the molecule is Cc1ccc(C(C(=O)O)N(C(=O)OCC2c3ccccc3-c3ccccc32)C2CC2)c(Br)c1. The van der Waals surface area contributed by atoms with Crippen molar-refractivity contribution in [2.24, 2.45) is 0 Å². The van der Waals surface area contributed by atoms with E-state index in [4.69, 9.17) is 4.74 Å². The minimum absolute atomic E-state index is 0.0724. The maximum Gasteiger partial charge on any atom is 0.411 e. The normalized spacial score (nSPS) is 15.5. The standard InChI is InChI=1S/C27H24BrNO4/c1-16-10-13-22(24(28)14-16)25(26(30)31)29(17-11-12-17)27(32)33-15-23-20-8-4-2-6-18(20)19-7-3-5-9-21(19)23/h2-10,13-14,17,23,25H,11-12,15H2,1H3,(H,30,31). The van der Waals surface area contributed by atoms with Gasteiger partial charge in [0.25, 0.3) is 0 Å². The van der Waals surface area contributed by atoms with Crippen molar-refractivity contribution in [2.75, 3.05) is 6.61 Å². The van der Waals surface area contributed by atoms with Gasteiger partial charge in [0, 0.05) is 22.0 Å². The van der Waals surface area contributed by atoms with Crippen molar-refractivity contribution in [3.63, 3.8) is 0 Å². The molecule has 33 heavy (non-hydrogen) atoms. The smallest absolute Gasteiger partial charge is 0.411 e. The molecular formula is C27H24BrNO4. The first-order valence-electron chi connectivity index (χ1n) is 11.1. The van der Waals surface area contributed by atoms with Crippen LogP contribution in [0.25, 0.3) is 11.1 Å². The van der Waals surface area contributed by atoms with E-state index >= 15 is 0 Å². The number of fused-ring (bicyclic) bond motifs is 3. The zero-order valence-corrected chi connectivity index (χ0v) is 19.8. The van der Waals surface area contributed by atoms with Gasteiger partial charge in [0.1, 0.15) is 6.61 Å². The maximum atomic E-state index is 13.3. The predicted molar refractivity (Wildman–Crippen MR) is 129 cm³/mol. The summed E-state index contributed by atoms with van der Waals surface area (Å²) in [5.41, 5.74) is 6.11. The summed E-state index contributed by atoms with van der Waals surface area (Å²) in [6.45, 7) is 2.10. The van der Waals surface area contributed by atoms with Crippen molar-refractivity contribution in [1.29, 1.82) is 0 Å². The van der Waals surface area contributed by atoms with Crippen molar-refractivity contribution in [3.05, 3.63) is 93.5 Å². The summed E-state index contributed by atoms with van der Waals surface area (Å²) < 4.78 is 6.50. The number of hydrogen-bond donors (Lipinski definition) is 1. The zero-order chi connectivity index (χ0) is 23.1. The number of rotatable bonds is 6. The summed E-state index contributed by atoms with van der Waals surface area (Å²) >= 11 is 3.49. The van der Waals surface area contributed by atoms with Crippen LogP contribution in [0.3, 0.4) is 0 Å². The highest BCUT2D eigenvalue weighted by Crippen LogP contribution is 2.45. The lowest BCUT2D eigenvalue weighted by Crippen LogP contribution is -2.41. The summed E-state index contributed by atoms with van der Waals surface area (Å²) in [4.78, 5) is 27.1. The first kappa shape index (κ1) is 21.7. The van der Waals surface area contributed by atoms with Crippen LogP contribution >= 0.6 is 15.9 Å². The summed E-state index contributed by atoms with van der Waals surface area (Å²) in [7, 11) is 0. The van der Waals surface area contributed by atoms with Gasteiger partial charge in [-0.05, 0) is 53.6 Å². The Morgan fingerprint density at radius 1 is 1.03 bits per heavy atom. The molecule has 2 aliphatic carbocycles. The molecule has 5 rings (SSSR count). The number of carboxylic acid groups (broad SMARTS) is 1. The van der Waals surface area contributed by atoms with Crippen LogP contribution in [0, 0.1) is 6.92 Å². The van der Waals surface area contributed by atoms with E-state index in [1.54, 1.807) is 6.07 Å². The number of benzene rings is 3. The highest BCUT2D eigenvalue weighted by Gasteiger charge is 2.43. The van der Waals surface area contributed by atoms with Gasteiger partial charge in [0.2, 0.25) is 0 Å².